The summed E-state index contributed by atoms with van der Waals surface area (Å²) in [6, 6.07) is 16.0. The standard InChI is InChI=1S/C59H96Cl2N14O4/c60-70-58(62)68-43-51-13-11-50(12-14-51)42-66-56(78)25-39-74-33-19-48(20-34-74)7-1-5-46-15-29-72(30-16-46)37-23-54(76)64-27-4-28-65-55(77)24-38-73-31-17-47(18-32-73)6-2-8-49-21-35-75(36-22-49)40-26-57(79)67-44-52-9-3-10-53(41-52)45-69-59(63)71-61/h3,9-14,41,46-49H,1-2,4-8,15-40,42-45H2,(H,64,76)(H,65,77)(H,66,78)(H,67,79)(H3,62,68,70)(H3,63,69,71). The van der Waals surface area contributed by atoms with Crippen LogP contribution in [0, 0.1) is 23.7 Å². The van der Waals surface area contributed by atoms with Crippen LogP contribution in [0.25, 0.3) is 0 Å². The minimum atomic E-state index is 0.0828. The van der Waals surface area contributed by atoms with Gasteiger partial charge in [0, 0.05) is 115 Å². The number of carbonyl (C=O) groups is 4. The van der Waals surface area contributed by atoms with Gasteiger partial charge in [0.25, 0.3) is 0 Å². The summed E-state index contributed by atoms with van der Waals surface area (Å²) in [6.07, 6.45) is 20.4. The second kappa shape index (κ2) is 36.6. The van der Waals surface area contributed by atoms with E-state index >= 15 is 0 Å². The summed E-state index contributed by atoms with van der Waals surface area (Å²) in [5.41, 5.74) is 15.4. The van der Waals surface area contributed by atoms with Crippen molar-refractivity contribution in [2.45, 2.75) is 148 Å². The van der Waals surface area contributed by atoms with Gasteiger partial charge in [-0.1, -0.05) is 87.1 Å². The van der Waals surface area contributed by atoms with Crippen molar-refractivity contribution in [3.63, 3.8) is 0 Å². The second-order valence-corrected chi connectivity index (χ2v) is 23.2. The summed E-state index contributed by atoms with van der Waals surface area (Å²) < 4.78 is 6.78. The quantitative estimate of drug-likeness (QED) is 0.0236. The molecule has 4 saturated heterocycles. The fraction of sp³-hybridized carbons (Fsp3) is 0.695. The first-order valence-electron chi connectivity index (χ1n) is 30.0. The van der Waals surface area contributed by atoms with E-state index in [4.69, 9.17) is 35.0 Å². The molecule has 0 spiro atoms. The van der Waals surface area contributed by atoms with Crippen molar-refractivity contribution in [2.24, 2.45) is 44.2 Å². The second-order valence-electron chi connectivity index (χ2n) is 22.9. The molecule has 6 rings (SSSR count). The number of nitrogens with two attached hydrogens (primary N) is 2. The lowest BCUT2D eigenvalue weighted by Crippen LogP contribution is -2.38. The number of amides is 4. The predicted molar refractivity (Wildman–Crippen MR) is 319 cm³/mol. The number of carbonyl (C=O) groups excluding carboxylic acids is 4. The molecule has 4 fully saturated rings. The van der Waals surface area contributed by atoms with Gasteiger partial charge in [0.2, 0.25) is 35.5 Å². The number of piperidine rings is 4. The molecule has 0 aromatic heterocycles. The predicted octanol–water partition coefficient (Wildman–Crippen LogP) is 6.11. The first-order chi connectivity index (χ1) is 38.5. The summed E-state index contributed by atoms with van der Waals surface area (Å²) in [6.45, 7) is 15.1. The van der Waals surface area contributed by atoms with Gasteiger partial charge in [-0.05, 0) is 156 Å². The number of hydrogen-bond acceptors (Lipinski definition) is 10. The molecule has 0 unspecified atom stereocenters. The number of halogens is 2. The maximum atomic E-state index is 12.6. The van der Waals surface area contributed by atoms with Gasteiger partial charge in [0.05, 0.1) is 0 Å². The van der Waals surface area contributed by atoms with Gasteiger partial charge in [-0.15, -0.1) is 9.02 Å². The molecule has 4 amide bonds. The highest BCUT2D eigenvalue weighted by atomic mass is 35.5. The average molecular weight is 1140 g/mol. The Morgan fingerprint density at radius 1 is 0.418 bits per heavy atom. The number of guanidine groups is 2. The van der Waals surface area contributed by atoms with Crippen LogP contribution in [-0.4, -0.2) is 147 Å². The Kier molecular flexibility index (Phi) is 29.4. The Labute approximate surface area is 482 Å². The van der Waals surface area contributed by atoms with Gasteiger partial charge in [0.1, 0.15) is 0 Å². The fourth-order valence-corrected chi connectivity index (χ4v) is 11.9. The summed E-state index contributed by atoms with van der Waals surface area (Å²) in [5.74, 6) is 3.89. The Hall–Kier alpha value is -4.72. The number of rotatable bonds is 32. The third kappa shape index (κ3) is 26.2. The van der Waals surface area contributed by atoms with E-state index in [0.717, 1.165) is 131 Å². The van der Waals surface area contributed by atoms with Crippen molar-refractivity contribution in [2.75, 3.05) is 91.6 Å². The van der Waals surface area contributed by atoms with Gasteiger partial charge in [-0.25, -0.2) is 0 Å². The van der Waals surface area contributed by atoms with E-state index in [9.17, 15) is 19.2 Å². The number of likely N-dealkylation sites (tertiary alicyclic amines) is 4. The molecule has 440 valence electrons. The van der Waals surface area contributed by atoms with E-state index in [2.05, 4.69) is 60.5 Å². The van der Waals surface area contributed by atoms with Crippen LogP contribution in [0.15, 0.2) is 57.6 Å². The highest BCUT2D eigenvalue weighted by molar-refractivity contribution is 6.19. The first-order valence-corrected chi connectivity index (χ1v) is 30.6. The van der Waals surface area contributed by atoms with E-state index < -0.39 is 0 Å². The fourth-order valence-electron chi connectivity index (χ4n) is 11.8. The van der Waals surface area contributed by atoms with Crippen molar-refractivity contribution < 1.29 is 19.2 Å². The Bertz CT molecular complexity index is 2160. The molecule has 0 atom stereocenters. The SMILES string of the molecule is N/C(=N/Cl)NCc1cccc(CNC(=O)CCN2CCC(CCCC3CCN(CCC(=O)NCCCNC(=O)CCN4CCC(CCCC5CCN(CCC(=O)NCc6ccc(CN/C(N)=N/Cl)cc6)CC5)CC4)CC3)CC2)c1. The van der Waals surface area contributed by atoms with Crippen molar-refractivity contribution in [1.82, 2.24) is 51.5 Å². The molecule has 0 saturated carbocycles. The third-order valence-electron chi connectivity index (χ3n) is 17.0. The minimum Gasteiger partial charge on any atom is -0.369 e. The van der Waals surface area contributed by atoms with Crippen molar-refractivity contribution in [3.8, 4) is 0 Å². The normalized spacial score (nSPS) is 18.3. The lowest BCUT2D eigenvalue weighted by atomic mass is 9.87. The molecule has 2 aromatic carbocycles. The maximum absolute atomic E-state index is 12.6. The van der Waals surface area contributed by atoms with Crippen LogP contribution in [0.1, 0.15) is 144 Å². The first kappa shape index (κ1) is 63.5. The van der Waals surface area contributed by atoms with Crippen LogP contribution >= 0.6 is 23.6 Å². The van der Waals surface area contributed by atoms with Gasteiger partial charge >= 0.3 is 0 Å². The lowest BCUT2D eigenvalue weighted by Gasteiger charge is -2.33. The Morgan fingerprint density at radius 2 is 0.709 bits per heavy atom. The highest BCUT2D eigenvalue weighted by Crippen LogP contribution is 2.29. The van der Waals surface area contributed by atoms with E-state index in [1.165, 1.54) is 89.9 Å². The average Bonchev–Trinajstić information content (AvgIpc) is 3.48. The molecule has 10 N–H and O–H groups in total. The summed E-state index contributed by atoms with van der Waals surface area (Å²) in [7, 11) is 0. The van der Waals surface area contributed by atoms with Crippen LogP contribution in [0.5, 0.6) is 0 Å². The summed E-state index contributed by atoms with van der Waals surface area (Å²) in [4.78, 5) is 60.2. The zero-order valence-corrected chi connectivity index (χ0v) is 48.8. The molecule has 4 aliphatic heterocycles. The van der Waals surface area contributed by atoms with Crippen LogP contribution in [0.3, 0.4) is 0 Å². The van der Waals surface area contributed by atoms with Crippen LogP contribution in [-0.2, 0) is 45.4 Å². The zero-order chi connectivity index (χ0) is 55.9. The summed E-state index contributed by atoms with van der Waals surface area (Å²) in [5, 5.41) is 18.1. The molecule has 20 heteroatoms. The topological polar surface area (TPSA) is 230 Å². The Balaban J connectivity index is 0.671. The number of nitrogens with zero attached hydrogens (tertiary/aromatic N) is 6. The molecule has 79 heavy (non-hydrogen) atoms. The zero-order valence-electron chi connectivity index (χ0n) is 47.3. The number of hydrogen-bond donors (Lipinski definition) is 8. The van der Waals surface area contributed by atoms with Crippen molar-refractivity contribution >= 4 is 59.1 Å². The molecule has 0 aliphatic carbocycles. The monoisotopic (exact) mass is 1130 g/mol. The van der Waals surface area contributed by atoms with E-state index in [-0.39, 0.29) is 35.5 Å². The molecule has 2 aromatic rings. The molecule has 18 nitrogen and oxygen atoms in total. The third-order valence-corrected chi connectivity index (χ3v) is 17.4. The summed E-state index contributed by atoms with van der Waals surface area (Å²) >= 11 is 10.7. The Morgan fingerprint density at radius 3 is 1.04 bits per heavy atom. The van der Waals surface area contributed by atoms with Crippen molar-refractivity contribution in [3.05, 3.63) is 70.8 Å². The molecular weight excluding hydrogens is 1040 g/mol. The van der Waals surface area contributed by atoms with E-state index in [1.54, 1.807) is 0 Å². The molecule has 0 bridgehead atoms. The van der Waals surface area contributed by atoms with Gasteiger partial charge in [-0.3, -0.25) is 19.2 Å². The lowest BCUT2D eigenvalue weighted by molar-refractivity contribution is -0.122. The maximum Gasteiger partial charge on any atom is 0.221 e. The van der Waals surface area contributed by atoms with Crippen LogP contribution < -0.4 is 43.4 Å². The number of nitrogens with one attached hydrogen (secondary N) is 6. The molecule has 0 radical (unpaired) electrons. The van der Waals surface area contributed by atoms with Gasteiger partial charge in [-0.2, -0.15) is 0 Å². The molecule has 4 aliphatic rings. The van der Waals surface area contributed by atoms with Gasteiger partial charge in [0.15, 0.2) is 0 Å². The van der Waals surface area contributed by atoms with Crippen LogP contribution in [0.2, 0.25) is 0 Å². The minimum absolute atomic E-state index is 0.0828. The molecular formula is C59H96Cl2N14O4. The van der Waals surface area contributed by atoms with E-state index in [0.29, 0.717) is 65.0 Å². The molecule has 4 heterocycles. The smallest absolute Gasteiger partial charge is 0.221 e. The van der Waals surface area contributed by atoms with Gasteiger partial charge < -0.3 is 63.0 Å². The van der Waals surface area contributed by atoms with E-state index in [1.807, 2.05) is 48.5 Å². The van der Waals surface area contributed by atoms with Crippen molar-refractivity contribution in [1.29, 1.82) is 0 Å². The highest BCUT2D eigenvalue weighted by Gasteiger charge is 2.25. The van der Waals surface area contributed by atoms with Crippen LogP contribution in [0.4, 0.5) is 0 Å². The number of benzene rings is 2. The largest absolute Gasteiger partial charge is 0.369 e.